The van der Waals surface area contributed by atoms with Gasteiger partial charge in [-0.1, -0.05) is 0 Å². The highest BCUT2D eigenvalue weighted by atomic mass is 16.5. The second-order valence-corrected chi connectivity index (χ2v) is 5.11. The molecular weight excluding hydrogens is 242 g/mol. The van der Waals surface area contributed by atoms with E-state index in [4.69, 9.17) is 4.74 Å². The molecule has 2 atom stereocenters. The van der Waals surface area contributed by atoms with Crippen LogP contribution in [0.25, 0.3) is 0 Å². The first-order chi connectivity index (χ1) is 9.08. The van der Waals surface area contributed by atoms with Crippen molar-refractivity contribution in [2.24, 2.45) is 0 Å². The second kappa shape index (κ2) is 6.02. The van der Waals surface area contributed by atoms with Crippen LogP contribution in [0.15, 0.2) is 18.3 Å². The maximum absolute atomic E-state index is 12.2. The van der Waals surface area contributed by atoms with Crippen LogP contribution in [-0.2, 0) is 4.74 Å². The average Bonchev–Trinajstić information content (AvgIpc) is 2.92. The summed E-state index contributed by atoms with van der Waals surface area (Å²) in [6.07, 6.45) is 3.88. The number of carbonyl (C=O) groups excluding carboxylic acids is 1. The summed E-state index contributed by atoms with van der Waals surface area (Å²) < 4.78 is 5.58. The number of nitrogens with zero attached hydrogens (tertiary/aromatic N) is 2. The van der Waals surface area contributed by atoms with Gasteiger partial charge in [-0.25, -0.2) is 4.98 Å². The molecule has 0 radical (unpaired) electrons. The van der Waals surface area contributed by atoms with Gasteiger partial charge in [-0.3, -0.25) is 4.79 Å². The number of carbonyl (C=O) groups is 1. The Morgan fingerprint density at radius 2 is 2.37 bits per heavy atom. The number of ether oxygens (including phenoxy) is 1. The van der Waals surface area contributed by atoms with Crippen molar-refractivity contribution in [3.8, 4) is 0 Å². The number of hydrogen-bond acceptors (Lipinski definition) is 4. The van der Waals surface area contributed by atoms with E-state index in [9.17, 15) is 4.79 Å². The lowest BCUT2D eigenvalue weighted by molar-refractivity contribution is 0.0712. The van der Waals surface area contributed by atoms with Crippen molar-refractivity contribution >= 4 is 11.7 Å². The summed E-state index contributed by atoms with van der Waals surface area (Å²) in [7, 11) is 3.80. The molecule has 0 spiro atoms. The van der Waals surface area contributed by atoms with Gasteiger partial charge in [0.15, 0.2) is 0 Å². The number of nitrogens with one attached hydrogen (secondary N) is 1. The SMILES string of the molecule is C[C@@H](NC(=O)c1ccnc(N(C)C)c1)[C@@H]1CCCO1. The van der Waals surface area contributed by atoms with Crippen molar-refractivity contribution in [3.05, 3.63) is 23.9 Å². The molecule has 1 aliphatic rings. The summed E-state index contributed by atoms with van der Waals surface area (Å²) in [6.45, 7) is 2.78. The highest BCUT2D eigenvalue weighted by Crippen LogP contribution is 2.16. The first-order valence-corrected chi connectivity index (χ1v) is 6.64. The number of pyridine rings is 1. The first kappa shape index (κ1) is 13.8. The quantitative estimate of drug-likeness (QED) is 0.893. The van der Waals surface area contributed by atoms with E-state index in [0.29, 0.717) is 5.56 Å². The third-order valence-corrected chi connectivity index (χ3v) is 3.35. The van der Waals surface area contributed by atoms with Crippen molar-refractivity contribution in [3.63, 3.8) is 0 Å². The monoisotopic (exact) mass is 263 g/mol. The van der Waals surface area contributed by atoms with Crippen LogP contribution in [-0.4, -0.2) is 43.7 Å². The highest BCUT2D eigenvalue weighted by Gasteiger charge is 2.24. The minimum atomic E-state index is -0.0755. The van der Waals surface area contributed by atoms with Crippen molar-refractivity contribution in [2.75, 3.05) is 25.6 Å². The minimum absolute atomic E-state index is 0.0333. The molecule has 1 amide bonds. The Morgan fingerprint density at radius 1 is 1.58 bits per heavy atom. The van der Waals surface area contributed by atoms with E-state index in [2.05, 4.69) is 10.3 Å². The standard InChI is InChI=1S/C14H21N3O2/c1-10(12-5-4-8-19-12)16-14(18)11-6-7-15-13(9-11)17(2)3/h6-7,9-10,12H,4-5,8H2,1-3H3,(H,16,18)/t10-,12+/m1/s1. The molecule has 0 unspecified atom stereocenters. The Bertz CT molecular complexity index is 442. The van der Waals surface area contributed by atoms with Crippen LogP contribution in [0.3, 0.4) is 0 Å². The molecule has 0 aromatic carbocycles. The minimum Gasteiger partial charge on any atom is -0.376 e. The summed E-state index contributed by atoms with van der Waals surface area (Å²) >= 11 is 0. The maximum atomic E-state index is 12.2. The van der Waals surface area contributed by atoms with Crippen molar-refractivity contribution in [1.29, 1.82) is 0 Å². The normalized spacial score (nSPS) is 20.1. The Morgan fingerprint density at radius 3 is 3.00 bits per heavy atom. The van der Waals surface area contributed by atoms with Crippen LogP contribution in [0.5, 0.6) is 0 Å². The summed E-state index contributed by atoms with van der Waals surface area (Å²) in [6, 6.07) is 3.55. The smallest absolute Gasteiger partial charge is 0.251 e. The summed E-state index contributed by atoms with van der Waals surface area (Å²) in [5.74, 6) is 0.700. The number of amides is 1. The fourth-order valence-electron chi connectivity index (χ4n) is 2.18. The van der Waals surface area contributed by atoms with Gasteiger partial charge in [0, 0.05) is 32.5 Å². The largest absolute Gasteiger partial charge is 0.376 e. The van der Waals surface area contributed by atoms with Gasteiger partial charge in [-0.2, -0.15) is 0 Å². The lowest BCUT2D eigenvalue weighted by Gasteiger charge is -2.20. The number of rotatable bonds is 4. The maximum Gasteiger partial charge on any atom is 0.251 e. The Labute approximate surface area is 114 Å². The number of anilines is 1. The molecule has 5 heteroatoms. The molecule has 1 N–H and O–H groups in total. The van der Waals surface area contributed by atoms with E-state index in [0.717, 1.165) is 25.3 Å². The van der Waals surface area contributed by atoms with Crippen LogP contribution in [0.2, 0.25) is 0 Å². The molecule has 1 aromatic heterocycles. The molecule has 0 aliphatic carbocycles. The Balaban J connectivity index is 2.00. The first-order valence-electron chi connectivity index (χ1n) is 6.64. The predicted octanol–water partition coefficient (Wildman–Crippen LogP) is 1.44. The molecule has 1 aliphatic heterocycles. The van der Waals surface area contributed by atoms with Gasteiger partial charge in [0.25, 0.3) is 5.91 Å². The fourth-order valence-corrected chi connectivity index (χ4v) is 2.18. The van der Waals surface area contributed by atoms with E-state index >= 15 is 0 Å². The molecule has 1 fully saturated rings. The molecule has 0 saturated carbocycles. The van der Waals surface area contributed by atoms with Gasteiger partial charge in [0.1, 0.15) is 5.82 Å². The number of hydrogen-bond donors (Lipinski definition) is 1. The van der Waals surface area contributed by atoms with Gasteiger partial charge >= 0.3 is 0 Å². The molecule has 5 nitrogen and oxygen atoms in total. The van der Waals surface area contributed by atoms with Gasteiger partial charge in [0.2, 0.25) is 0 Å². The van der Waals surface area contributed by atoms with Crippen molar-refractivity contribution in [2.45, 2.75) is 31.9 Å². The lowest BCUT2D eigenvalue weighted by atomic mass is 10.1. The van der Waals surface area contributed by atoms with Crippen LogP contribution in [0.1, 0.15) is 30.1 Å². The van der Waals surface area contributed by atoms with Crippen LogP contribution in [0.4, 0.5) is 5.82 Å². The average molecular weight is 263 g/mol. The highest BCUT2D eigenvalue weighted by molar-refractivity contribution is 5.95. The fraction of sp³-hybridized carbons (Fsp3) is 0.571. The summed E-state index contributed by atoms with van der Waals surface area (Å²) in [5, 5.41) is 2.99. The molecule has 19 heavy (non-hydrogen) atoms. The molecule has 1 aromatic rings. The van der Waals surface area contributed by atoms with Gasteiger partial charge in [-0.15, -0.1) is 0 Å². The molecule has 2 heterocycles. The van der Waals surface area contributed by atoms with Crippen molar-refractivity contribution in [1.82, 2.24) is 10.3 Å². The third kappa shape index (κ3) is 3.44. The van der Waals surface area contributed by atoms with E-state index in [1.54, 1.807) is 18.3 Å². The van der Waals surface area contributed by atoms with Crippen LogP contribution < -0.4 is 10.2 Å². The number of aromatic nitrogens is 1. The topological polar surface area (TPSA) is 54.5 Å². The zero-order chi connectivity index (χ0) is 13.8. The van der Waals surface area contributed by atoms with E-state index < -0.39 is 0 Å². The zero-order valence-electron chi connectivity index (χ0n) is 11.7. The van der Waals surface area contributed by atoms with Gasteiger partial charge in [-0.05, 0) is 31.9 Å². The molecule has 2 rings (SSSR count). The van der Waals surface area contributed by atoms with E-state index in [1.165, 1.54) is 0 Å². The van der Waals surface area contributed by atoms with Crippen molar-refractivity contribution < 1.29 is 9.53 Å². The Hall–Kier alpha value is -1.62. The molecule has 104 valence electrons. The third-order valence-electron chi connectivity index (χ3n) is 3.35. The van der Waals surface area contributed by atoms with Crippen LogP contribution in [0, 0.1) is 0 Å². The summed E-state index contributed by atoms with van der Waals surface area (Å²) in [5.41, 5.74) is 0.628. The lowest BCUT2D eigenvalue weighted by Crippen LogP contribution is -2.40. The second-order valence-electron chi connectivity index (χ2n) is 5.11. The molecule has 0 bridgehead atoms. The van der Waals surface area contributed by atoms with E-state index in [-0.39, 0.29) is 18.1 Å². The Kier molecular flexibility index (Phi) is 4.37. The molecular formula is C14H21N3O2. The zero-order valence-corrected chi connectivity index (χ0v) is 11.7. The molecule has 1 saturated heterocycles. The summed E-state index contributed by atoms with van der Waals surface area (Å²) in [4.78, 5) is 18.2. The predicted molar refractivity (Wildman–Crippen MR) is 74.5 cm³/mol. The van der Waals surface area contributed by atoms with Gasteiger partial charge < -0.3 is 15.0 Å². The van der Waals surface area contributed by atoms with Gasteiger partial charge in [0.05, 0.1) is 12.1 Å². The van der Waals surface area contributed by atoms with Crippen LogP contribution >= 0.6 is 0 Å². The van der Waals surface area contributed by atoms with E-state index in [1.807, 2.05) is 25.9 Å².